The number of hydrogen-bond donors (Lipinski definition) is 1. The standard InChI is InChI=1S/C25H20Br2N2O4/c1-33-25(32)21-15-28(19-11-7-17(26)8-12-19)23(16-5-3-2-4-6-16)29(22(21)24(30)31)20-13-9-18(27)10-14-20/h2-14,23H,15H2,1H3,(H,30,31). The molecule has 4 rings (SSSR count). The largest absolute Gasteiger partial charge is 0.477 e. The molecule has 0 aliphatic carbocycles. The third kappa shape index (κ3) is 4.67. The van der Waals surface area contributed by atoms with Gasteiger partial charge in [-0.2, -0.15) is 0 Å². The van der Waals surface area contributed by atoms with E-state index in [-0.39, 0.29) is 17.8 Å². The number of aliphatic carboxylic acids is 1. The molecule has 1 N–H and O–H groups in total. The topological polar surface area (TPSA) is 70.1 Å². The van der Waals surface area contributed by atoms with Gasteiger partial charge in [0.1, 0.15) is 11.9 Å². The smallest absolute Gasteiger partial charge is 0.353 e. The lowest BCUT2D eigenvalue weighted by molar-refractivity contribution is -0.138. The van der Waals surface area contributed by atoms with Crippen LogP contribution in [0.2, 0.25) is 0 Å². The molecule has 1 unspecified atom stereocenters. The van der Waals surface area contributed by atoms with Gasteiger partial charge in [-0.25, -0.2) is 9.59 Å². The van der Waals surface area contributed by atoms with Crippen LogP contribution in [0.1, 0.15) is 11.7 Å². The molecule has 0 amide bonds. The molecule has 3 aromatic rings. The predicted molar refractivity (Wildman–Crippen MR) is 134 cm³/mol. The van der Waals surface area contributed by atoms with Gasteiger partial charge in [0, 0.05) is 20.3 Å². The van der Waals surface area contributed by atoms with E-state index in [4.69, 9.17) is 4.74 Å². The monoisotopic (exact) mass is 570 g/mol. The lowest BCUT2D eigenvalue weighted by Gasteiger charge is -2.46. The highest BCUT2D eigenvalue weighted by Gasteiger charge is 2.41. The molecule has 0 saturated heterocycles. The molecule has 1 atom stereocenters. The van der Waals surface area contributed by atoms with E-state index in [1.807, 2.05) is 83.8 Å². The number of carboxylic acids is 1. The normalized spacial score (nSPS) is 16.0. The van der Waals surface area contributed by atoms with Crippen molar-refractivity contribution in [2.75, 3.05) is 23.5 Å². The Morgan fingerprint density at radius 3 is 1.94 bits per heavy atom. The minimum atomic E-state index is -1.20. The highest BCUT2D eigenvalue weighted by atomic mass is 79.9. The molecular weight excluding hydrogens is 552 g/mol. The maximum Gasteiger partial charge on any atom is 0.353 e. The number of methoxy groups -OCH3 is 1. The molecule has 0 spiro atoms. The van der Waals surface area contributed by atoms with Crippen molar-refractivity contribution in [1.82, 2.24) is 0 Å². The van der Waals surface area contributed by atoms with Crippen LogP contribution in [0.5, 0.6) is 0 Å². The van der Waals surface area contributed by atoms with Gasteiger partial charge in [0.25, 0.3) is 0 Å². The van der Waals surface area contributed by atoms with E-state index in [0.29, 0.717) is 5.69 Å². The van der Waals surface area contributed by atoms with E-state index in [2.05, 4.69) is 31.9 Å². The lowest BCUT2D eigenvalue weighted by Crippen LogP contribution is -2.50. The van der Waals surface area contributed by atoms with Crippen molar-refractivity contribution in [3.8, 4) is 0 Å². The van der Waals surface area contributed by atoms with Gasteiger partial charge < -0.3 is 19.6 Å². The van der Waals surface area contributed by atoms with Gasteiger partial charge in [-0.1, -0.05) is 62.2 Å². The van der Waals surface area contributed by atoms with Crippen molar-refractivity contribution < 1.29 is 19.4 Å². The first-order chi connectivity index (χ1) is 15.9. The van der Waals surface area contributed by atoms with Gasteiger partial charge in [0.05, 0.1) is 19.2 Å². The van der Waals surface area contributed by atoms with E-state index in [9.17, 15) is 14.7 Å². The Morgan fingerprint density at radius 1 is 0.879 bits per heavy atom. The Morgan fingerprint density at radius 2 is 1.42 bits per heavy atom. The average molecular weight is 572 g/mol. The number of halogens is 2. The number of hydrogen-bond acceptors (Lipinski definition) is 5. The molecular formula is C25H20Br2N2O4. The minimum absolute atomic E-state index is 0.0720. The summed E-state index contributed by atoms with van der Waals surface area (Å²) < 4.78 is 6.76. The maximum atomic E-state index is 12.8. The van der Waals surface area contributed by atoms with Crippen LogP contribution in [0.3, 0.4) is 0 Å². The van der Waals surface area contributed by atoms with E-state index >= 15 is 0 Å². The minimum Gasteiger partial charge on any atom is -0.477 e. The summed E-state index contributed by atoms with van der Waals surface area (Å²) in [4.78, 5) is 29.0. The molecule has 0 fully saturated rings. The molecule has 168 valence electrons. The summed E-state index contributed by atoms with van der Waals surface area (Å²) in [6.45, 7) is 0.0720. The molecule has 33 heavy (non-hydrogen) atoms. The van der Waals surface area contributed by atoms with Gasteiger partial charge >= 0.3 is 11.9 Å². The summed E-state index contributed by atoms with van der Waals surface area (Å²) in [5, 5.41) is 10.3. The van der Waals surface area contributed by atoms with Crippen LogP contribution in [0, 0.1) is 0 Å². The van der Waals surface area contributed by atoms with Crippen molar-refractivity contribution in [1.29, 1.82) is 0 Å². The Bertz CT molecular complexity index is 1200. The zero-order chi connectivity index (χ0) is 23.5. The molecule has 6 nitrogen and oxygen atoms in total. The summed E-state index contributed by atoms with van der Waals surface area (Å²) in [5.41, 5.74) is 2.31. The number of carboxylic acid groups (broad SMARTS) is 1. The highest BCUT2D eigenvalue weighted by molar-refractivity contribution is 9.10. The first-order valence-corrected chi connectivity index (χ1v) is 11.7. The molecule has 1 aliphatic heterocycles. The van der Waals surface area contributed by atoms with Gasteiger partial charge in [-0.15, -0.1) is 0 Å². The van der Waals surface area contributed by atoms with Crippen LogP contribution in [-0.2, 0) is 14.3 Å². The summed E-state index contributed by atoms with van der Waals surface area (Å²) in [6, 6.07) is 24.6. The van der Waals surface area contributed by atoms with E-state index in [0.717, 1.165) is 20.2 Å². The van der Waals surface area contributed by atoms with E-state index in [1.54, 1.807) is 4.90 Å². The molecule has 0 aromatic heterocycles. The first-order valence-electron chi connectivity index (χ1n) is 10.1. The Kier molecular flexibility index (Phi) is 6.85. The van der Waals surface area contributed by atoms with Gasteiger partial charge in [0.2, 0.25) is 0 Å². The fraction of sp³-hybridized carbons (Fsp3) is 0.120. The predicted octanol–water partition coefficient (Wildman–Crippen LogP) is 5.75. The number of esters is 1. The second kappa shape index (κ2) is 9.80. The molecule has 0 radical (unpaired) electrons. The van der Waals surface area contributed by atoms with Crippen LogP contribution < -0.4 is 9.80 Å². The van der Waals surface area contributed by atoms with Gasteiger partial charge in [-0.05, 0) is 54.1 Å². The summed E-state index contributed by atoms with van der Waals surface area (Å²) in [7, 11) is 1.26. The summed E-state index contributed by atoms with van der Waals surface area (Å²) in [6.07, 6.45) is -0.520. The Labute approximate surface area is 208 Å². The van der Waals surface area contributed by atoms with Crippen LogP contribution in [0.25, 0.3) is 0 Å². The van der Waals surface area contributed by atoms with Crippen molar-refractivity contribution in [2.24, 2.45) is 0 Å². The number of nitrogens with zero attached hydrogens (tertiary/aromatic N) is 2. The van der Waals surface area contributed by atoms with Crippen molar-refractivity contribution >= 4 is 55.2 Å². The zero-order valence-corrected chi connectivity index (χ0v) is 20.8. The van der Waals surface area contributed by atoms with Gasteiger partial charge in [0.15, 0.2) is 0 Å². The molecule has 8 heteroatoms. The van der Waals surface area contributed by atoms with Crippen LogP contribution in [0.4, 0.5) is 11.4 Å². The molecule has 3 aromatic carbocycles. The van der Waals surface area contributed by atoms with Crippen LogP contribution in [-0.4, -0.2) is 30.7 Å². The first kappa shape index (κ1) is 23.1. The molecule has 1 heterocycles. The maximum absolute atomic E-state index is 12.8. The fourth-order valence-electron chi connectivity index (χ4n) is 3.95. The number of rotatable bonds is 5. The van der Waals surface area contributed by atoms with Gasteiger partial charge in [-0.3, -0.25) is 0 Å². The zero-order valence-electron chi connectivity index (χ0n) is 17.6. The molecule has 0 saturated carbocycles. The van der Waals surface area contributed by atoms with E-state index < -0.39 is 18.1 Å². The van der Waals surface area contributed by atoms with E-state index in [1.165, 1.54) is 7.11 Å². The van der Waals surface area contributed by atoms with Crippen LogP contribution >= 0.6 is 31.9 Å². The summed E-state index contributed by atoms with van der Waals surface area (Å²) in [5.74, 6) is -1.88. The second-order valence-electron chi connectivity index (χ2n) is 7.36. The third-order valence-corrected chi connectivity index (χ3v) is 6.45. The second-order valence-corrected chi connectivity index (χ2v) is 9.19. The summed E-state index contributed by atoms with van der Waals surface area (Å²) >= 11 is 6.90. The number of benzene rings is 3. The molecule has 0 bridgehead atoms. The average Bonchev–Trinajstić information content (AvgIpc) is 2.83. The lowest BCUT2D eigenvalue weighted by atomic mass is 9.99. The number of carbonyl (C=O) groups excluding carboxylic acids is 1. The fourth-order valence-corrected chi connectivity index (χ4v) is 4.48. The van der Waals surface area contributed by atoms with Crippen molar-refractivity contribution in [3.05, 3.63) is 105 Å². The van der Waals surface area contributed by atoms with Crippen molar-refractivity contribution in [3.63, 3.8) is 0 Å². The third-order valence-electron chi connectivity index (χ3n) is 5.39. The van der Waals surface area contributed by atoms with Crippen molar-refractivity contribution in [2.45, 2.75) is 6.17 Å². The number of carbonyl (C=O) groups is 2. The number of ether oxygens (including phenoxy) is 1. The quantitative estimate of drug-likeness (QED) is 0.393. The Hall–Kier alpha value is -3.10. The highest BCUT2D eigenvalue weighted by Crippen LogP contribution is 2.42. The Balaban J connectivity index is 2.02. The molecule has 1 aliphatic rings. The number of anilines is 2. The SMILES string of the molecule is COC(=O)C1=C(C(=O)O)N(c2ccc(Br)cc2)C(c2ccccc2)N(c2ccc(Br)cc2)C1. The van der Waals surface area contributed by atoms with Crippen LogP contribution in [0.15, 0.2) is 99.1 Å².